The Labute approximate surface area is 60.3 Å². The third-order valence-corrected chi connectivity index (χ3v) is 0. The van der Waals surface area contributed by atoms with E-state index in [0.717, 1.165) is 0 Å². The predicted molar refractivity (Wildman–Crippen MR) is 20.8 cm³/mol. The van der Waals surface area contributed by atoms with Crippen LogP contribution in [-0.4, -0.2) is 53.3 Å². The average Bonchev–Trinajstić information content (AvgIpc) is 1.00. The largest absolute Gasteiger partial charge is 2.00 e. The van der Waals surface area contributed by atoms with E-state index in [4.69, 9.17) is 4.46 Å². The van der Waals surface area contributed by atoms with E-state index < -0.39 is 0 Å². The Morgan fingerprint density at radius 2 is 1.50 bits per heavy atom. The van der Waals surface area contributed by atoms with E-state index in [1.54, 1.807) is 0 Å². The molecule has 0 bridgehead atoms. The summed E-state index contributed by atoms with van der Waals surface area (Å²) in [5.41, 5.74) is 0. The molecule has 24 valence electrons. The summed E-state index contributed by atoms with van der Waals surface area (Å²) in [6.45, 7) is 0. The molecule has 0 amide bonds. The first-order valence-corrected chi connectivity index (χ1v) is 0.866. The van der Waals surface area contributed by atoms with Crippen LogP contribution < -0.4 is 0 Å². The van der Waals surface area contributed by atoms with Crippen LogP contribution in [0.4, 0.5) is 0 Å². The first kappa shape index (κ1) is 18.8. The Kier molecular flexibility index (Phi) is 136. The minimum Gasteiger partial charge on any atom is -1.00 e. The zero-order valence-corrected chi connectivity index (χ0v) is 5.95. The van der Waals surface area contributed by atoms with Crippen LogP contribution in [0.25, 0.3) is 0 Å². The van der Waals surface area contributed by atoms with Gasteiger partial charge in [0.2, 0.25) is 10.1 Å². The number of hydrogen-bond acceptors (Lipinski definition) is 1. The van der Waals surface area contributed by atoms with E-state index in [2.05, 4.69) is 0 Å². The molecule has 0 radical (unpaired) electrons. The van der Waals surface area contributed by atoms with Crippen LogP contribution in [0, 0.1) is 0 Å². The van der Waals surface area contributed by atoms with Gasteiger partial charge in [0.1, 0.15) is 0 Å². The Morgan fingerprint density at radius 1 is 1.50 bits per heavy atom. The predicted octanol–water partition coefficient (Wildman–Crippen LogP) is -2.02. The van der Waals surface area contributed by atoms with Gasteiger partial charge in [0.25, 0.3) is 0 Å². The molecule has 0 aliphatic rings. The van der Waals surface area contributed by atoms with E-state index in [1.165, 1.54) is 0 Å². The van der Waals surface area contributed by atoms with Crippen LogP contribution in [0.5, 0.6) is 0 Å². The molecule has 0 rings (SSSR count). The molecule has 0 heterocycles. The maximum atomic E-state index is 8.28. The van der Waals surface area contributed by atoms with Gasteiger partial charge in [0.05, 0.1) is 0 Å². The zero-order chi connectivity index (χ0) is 2.00. The first-order valence-electron chi connectivity index (χ1n) is 0.289. The molecule has 0 aromatic heterocycles. The van der Waals surface area contributed by atoms with E-state index in [-0.39, 0.29) is 46.1 Å². The molecule has 4 heteroatoms. The van der Waals surface area contributed by atoms with Gasteiger partial charge in [-0.2, -0.15) is 0 Å². The summed E-state index contributed by atoms with van der Waals surface area (Å²) < 4.78 is 8.28. The molecule has 0 aliphatic carbocycles. The molecule has 2 nitrogen and oxygen atoms in total. The van der Waals surface area contributed by atoms with Gasteiger partial charge in [0.15, 0.2) is 0 Å². The fourth-order valence-corrected chi connectivity index (χ4v) is 0. The third-order valence-electron chi connectivity index (χ3n) is 0. The van der Waals surface area contributed by atoms with Gasteiger partial charge in [-0.1, -0.05) is 0 Å². The number of rotatable bonds is 0. The summed E-state index contributed by atoms with van der Waals surface area (Å²) in [5, 5.41) is 0. The fourth-order valence-electron chi connectivity index (χ4n) is 0. The van der Waals surface area contributed by atoms with Crippen LogP contribution in [0.3, 0.4) is 0 Å². The van der Waals surface area contributed by atoms with Crippen molar-refractivity contribution in [1.82, 2.24) is 0 Å². The Hall–Kier alpha value is 1.24. The number of hydrogen-bond donors (Lipinski definition) is 0. The molecule has 0 aromatic rings. The minimum absolute atomic E-state index is 0. The molecule has 0 atom stereocenters. The van der Waals surface area contributed by atoms with Gasteiger partial charge in [-0.05, 0) is 0 Å². The van der Waals surface area contributed by atoms with Crippen LogP contribution >= 0.6 is 0 Å². The van der Waals surface area contributed by atoms with Crippen molar-refractivity contribution >= 4 is 47.9 Å². The average molecular weight is 106 g/mol. The van der Waals surface area contributed by atoms with Crippen LogP contribution in [0.15, 0.2) is 0 Å². The third kappa shape index (κ3) is 10.6. The van der Waals surface area contributed by atoms with E-state index in [1.807, 2.05) is 0 Å². The van der Waals surface area contributed by atoms with E-state index >= 15 is 0 Å². The van der Waals surface area contributed by atoms with E-state index in [0.29, 0.717) is 10.1 Å². The summed E-state index contributed by atoms with van der Waals surface area (Å²) in [6.07, 6.45) is 0. The van der Waals surface area contributed by atoms with Crippen molar-refractivity contribution in [2.24, 2.45) is 0 Å². The normalized spacial score (nSPS) is 1.00. The second kappa shape index (κ2) is 29.0. The molecule has 0 saturated carbocycles. The van der Waals surface area contributed by atoms with Crippen molar-refractivity contribution in [2.75, 3.05) is 0 Å². The summed E-state index contributed by atoms with van der Waals surface area (Å²) >= 11 is 0. The van der Waals surface area contributed by atoms with Crippen molar-refractivity contribution in [3.05, 3.63) is 0 Å². The first-order chi connectivity index (χ1) is 1.00. The second-order valence-electron chi connectivity index (χ2n) is 0. The van der Waals surface area contributed by atoms with Gasteiger partial charge in [0, 0.05) is 0 Å². The molecule has 0 unspecified atom stereocenters. The summed E-state index contributed by atoms with van der Waals surface area (Å²) in [6, 6.07) is 0. The topological polar surface area (TPSA) is 48.6 Å². The molecular formula is H6CaO2Si. The van der Waals surface area contributed by atoms with Gasteiger partial charge in [-0.25, -0.2) is 0 Å². The van der Waals surface area contributed by atoms with E-state index in [9.17, 15) is 0 Å². The monoisotopic (exact) mass is 106 g/mol. The summed E-state index contributed by atoms with van der Waals surface area (Å²) in [7, 11) is 0.611. The van der Waals surface area contributed by atoms with Crippen LogP contribution in [0.1, 0.15) is 2.85 Å². The maximum absolute atomic E-state index is 8.28. The van der Waals surface area contributed by atoms with Crippen molar-refractivity contribution in [3.8, 4) is 0 Å². The molecule has 0 aromatic carbocycles. The summed E-state index contributed by atoms with van der Waals surface area (Å²) in [5.74, 6) is 0. The minimum atomic E-state index is 0. The SMILES string of the molecule is O.O=[SiH2].[Ca+2].[H-].[H-]. The maximum Gasteiger partial charge on any atom is 2.00 e. The molecule has 0 aliphatic heterocycles. The standard InChI is InChI=1S/Ca.H2OSi.H2O.2H/c;1-2;;;/h;2H2;1H2;;/q+2;;;2*-1. The quantitative estimate of drug-likeness (QED) is 0.329. The van der Waals surface area contributed by atoms with Crippen molar-refractivity contribution < 1.29 is 12.8 Å². The van der Waals surface area contributed by atoms with Crippen molar-refractivity contribution in [2.45, 2.75) is 0 Å². The Balaban J connectivity index is -0.000000000833. The van der Waals surface area contributed by atoms with Gasteiger partial charge in [-0.3, -0.25) is 0 Å². The van der Waals surface area contributed by atoms with Gasteiger partial charge >= 0.3 is 37.7 Å². The Bertz CT molecular complexity index is 11.5. The molecule has 0 saturated heterocycles. The molecule has 0 fully saturated rings. The van der Waals surface area contributed by atoms with Crippen LogP contribution in [-0.2, 0) is 4.46 Å². The molecule has 4 heavy (non-hydrogen) atoms. The van der Waals surface area contributed by atoms with Crippen molar-refractivity contribution in [3.63, 3.8) is 0 Å². The van der Waals surface area contributed by atoms with Gasteiger partial charge in [-0.15, -0.1) is 0 Å². The fraction of sp³-hybridized carbons (Fsp3) is 0. The molecule has 0 spiro atoms. The van der Waals surface area contributed by atoms with Crippen molar-refractivity contribution in [1.29, 1.82) is 0 Å². The summed E-state index contributed by atoms with van der Waals surface area (Å²) in [4.78, 5) is 0. The smallest absolute Gasteiger partial charge is 1.00 e. The Morgan fingerprint density at radius 3 is 1.50 bits per heavy atom. The molecule has 2 N–H and O–H groups in total. The van der Waals surface area contributed by atoms with Crippen LogP contribution in [0.2, 0.25) is 0 Å². The molecular weight excluding hydrogens is 100 g/mol. The van der Waals surface area contributed by atoms with Gasteiger partial charge < -0.3 is 12.8 Å². The second-order valence-corrected chi connectivity index (χ2v) is 0. The zero-order valence-electron chi connectivity index (χ0n) is 4.32.